The lowest BCUT2D eigenvalue weighted by molar-refractivity contribution is -0.149. The molecule has 0 radical (unpaired) electrons. The third kappa shape index (κ3) is 11.3. The average molecular weight is 737 g/mol. The van der Waals surface area contributed by atoms with E-state index in [1.165, 1.54) is 38.5 Å². The summed E-state index contributed by atoms with van der Waals surface area (Å²) in [6.45, 7) is 14.0. The number of rotatable bonds is 21. The molecule has 1 aliphatic heterocycles. The number of likely N-dealkylation sites (tertiary alicyclic amines) is 1. The third-order valence-electron chi connectivity index (χ3n) is 10.8. The number of amides is 2. The van der Waals surface area contributed by atoms with Crippen molar-refractivity contribution in [3.8, 4) is 0 Å². The average Bonchev–Trinajstić information content (AvgIpc) is 3.56. The summed E-state index contributed by atoms with van der Waals surface area (Å²) < 4.78 is 37.9. The number of ether oxygens (including phenoxy) is 2. The van der Waals surface area contributed by atoms with Gasteiger partial charge < -0.3 is 30.3 Å². The number of methoxy groups -OCH3 is 2. The van der Waals surface area contributed by atoms with Gasteiger partial charge in [-0.25, -0.2) is 8.42 Å². The van der Waals surface area contributed by atoms with E-state index in [9.17, 15) is 27.6 Å². The molecule has 0 spiro atoms. The fourth-order valence-electron chi connectivity index (χ4n) is 7.50. The molecule has 1 heterocycles. The van der Waals surface area contributed by atoms with Crippen LogP contribution in [0.25, 0.3) is 0 Å². The maximum Gasteiger partial charge on any atom is 0.226 e. The molecule has 2 amide bonds. The van der Waals surface area contributed by atoms with Crippen LogP contribution in [0.2, 0.25) is 0 Å². The Labute approximate surface area is 306 Å². The van der Waals surface area contributed by atoms with Crippen LogP contribution in [0.5, 0.6) is 0 Å². The Balaban J connectivity index is 2.28. The first-order valence-electron chi connectivity index (χ1n) is 18.3. The number of benzene rings is 1. The summed E-state index contributed by atoms with van der Waals surface area (Å²) in [6, 6.07) is 4.47. The number of nitrogen functional groups attached to an aromatic ring is 1. The first-order chi connectivity index (χ1) is 23.9. The summed E-state index contributed by atoms with van der Waals surface area (Å²) in [4.78, 5) is 58.3. The van der Waals surface area contributed by atoms with E-state index in [1.807, 2.05) is 41.5 Å². The fraction of sp³-hybridized carbons (Fsp3) is 0.737. The van der Waals surface area contributed by atoms with Crippen LogP contribution in [-0.2, 0) is 38.5 Å². The standard InChI is InChI=1S/C38H64N4O8S/c1-12-25(6)36(41(9)38(46)29(23(2)3)20-31(43)35(40-8)24(4)5)33(49-10)21-34(45)42-19-13-14-30(42)37(50-11)26(7)32(44)22-51(47,48)28-17-15-27(39)16-18-28/h15-18,23-26,29-30,33,35-37,40H,12-14,19-22,39H2,1-11H3/t25-,26-,29-,30-,33+,35-,36-,37+/m0/s1. The minimum absolute atomic E-state index is 0.00478. The Morgan fingerprint density at radius 3 is 2.06 bits per heavy atom. The lowest BCUT2D eigenvalue weighted by Crippen LogP contribution is -2.54. The molecular weight excluding hydrogens is 673 g/mol. The molecule has 0 unspecified atom stereocenters. The summed E-state index contributed by atoms with van der Waals surface area (Å²) >= 11 is 0. The van der Waals surface area contributed by atoms with E-state index in [4.69, 9.17) is 15.2 Å². The topological polar surface area (TPSA) is 165 Å². The van der Waals surface area contributed by atoms with Gasteiger partial charge in [-0.15, -0.1) is 0 Å². The highest BCUT2D eigenvalue weighted by Gasteiger charge is 2.43. The van der Waals surface area contributed by atoms with Crippen LogP contribution >= 0.6 is 0 Å². The summed E-state index contributed by atoms with van der Waals surface area (Å²) in [5.74, 6) is -2.93. The van der Waals surface area contributed by atoms with Crippen LogP contribution in [0.15, 0.2) is 29.2 Å². The molecule has 1 aromatic carbocycles. The van der Waals surface area contributed by atoms with Gasteiger partial charge in [0.2, 0.25) is 11.8 Å². The quantitative estimate of drug-likeness (QED) is 0.176. The molecule has 3 N–H and O–H groups in total. The predicted molar refractivity (Wildman–Crippen MR) is 200 cm³/mol. The Morgan fingerprint density at radius 2 is 1.57 bits per heavy atom. The number of hydrogen-bond acceptors (Lipinski definition) is 10. The number of hydrogen-bond donors (Lipinski definition) is 2. The molecule has 1 fully saturated rings. The van der Waals surface area contributed by atoms with Gasteiger partial charge in [0.25, 0.3) is 0 Å². The zero-order valence-corrected chi connectivity index (χ0v) is 33.5. The SMILES string of the molecule is CC[C@H](C)[C@@H]([C@@H](CC(=O)N1CCC[C@H]1[C@H](OC)[C@@H](C)C(=O)CS(=O)(=O)c1ccc(N)cc1)OC)N(C)C(=O)[C@@H](CC(=O)[C@@H](NC)C(C)C)C(C)C. The van der Waals surface area contributed by atoms with Crippen LogP contribution in [0.1, 0.15) is 80.6 Å². The molecule has 0 saturated carbocycles. The van der Waals surface area contributed by atoms with Crippen molar-refractivity contribution in [3.05, 3.63) is 24.3 Å². The second-order valence-corrected chi connectivity index (χ2v) is 16.9. The normalized spacial score (nSPS) is 19.3. The van der Waals surface area contributed by atoms with Crippen LogP contribution < -0.4 is 11.1 Å². The first-order valence-corrected chi connectivity index (χ1v) is 19.9. The van der Waals surface area contributed by atoms with Crippen molar-refractivity contribution < 1.29 is 37.1 Å². The number of nitrogens with zero attached hydrogens (tertiary/aromatic N) is 2. The van der Waals surface area contributed by atoms with Crippen molar-refractivity contribution in [1.82, 2.24) is 15.1 Å². The molecule has 1 aromatic rings. The van der Waals surface area contributed by atoms with Gasteiger partial charge in [-0.1, -0.05) is 54.9 Å². The highest BCUT2D eigenvalue weighted by molar-refractivity contribution is 7.92. The second kappa shape index (κ2) is 19.8. The van der Waals surface area contributed by atoms with Gasteiger partial charge in [0, 0.05) is 51.8 Å². The molecule has 13 heteroatoms. The van der Waals surface area contributed by atoms with Gasteiger partial charge in [-0.2, -0.15) is 0 Å². The summed E-state index contributed by atoms with van der Waals surface area (Å²) in [6.07, 6.45) is 0.749. The molecule has 2 rings (SSSR count). The van der Waals surface area contributed by atoms with Crippen LogP contribution in [0.4, 0.5) is 5.69 Å². The smallest absolute Gasteiger partial charge is 0.226 e. The van der Waals surface area contributed by atoms with E-state index >= 15 is 0 Å². The molecule has 0 bridgehead atoms. The minimum atomic E-state index is -3.91. The van der Waals surface area contributed by atoms with E-state index in [0.29, 0.717) is 25.1 Å². The monoisotopic (exact) mass is 736 g/mol. The molecule has 1 saturated heterocycles. The summed E-state index contributed by atoms with van der Waals surface area (Å²) in [5, 5.41) is 3.09. The first kappa shape index (κ1) is 44.3. The lowest BCUT2D eigenvalue weighted by atomic mass is 9.84. The van der Waals surface area contributed by atoms with Crippen molar-refractivity contribution in [2.75, 3.05) is 46.3 Å². The fourth-order valence-corrected chi connectivity index (χ4v) is 8.85. The van der Waals surface area contributed by atoms with Crippen LogP contribution in [0, 0.1) is 29.6 Å². The number of carbonyl (C=O) groups excluding carboxylic acids is 4. The minimum Gasteiger partial charge on any atom is -0.399 e. The van der Waals surface area contributed by atoms with Gasteiger partial charge in [0.15, 0.2) is 21.4 Å². The zero-order valence-electron chi connectivity index (χ0n) is 32.7. The van der Waals surface area contributed by atoms with E-state index in [1.54, 1.807) is 30.8 Å². The molecule has 290 valence electrons. The van der Waals surface area contributed by atoms with Gasteiger partial charge >= 0.3 is 0 Å². The van der Waals surface area contributed by atoms with E-state index in [0.717, 1.165) is 6.42 Å². The van der Waals surface area contributed by atoms with E-state index in [-0.39, 0.29) is 59.1 Å². The largest absolute Gasteiger partial charge is 0.399 e. The third-order valence-corrected chi connectivity index (χ3v) is 12.4. The van der Waals surface area contributed by atoms with Crippen molar-refractivity contribution in [2.24, 2.45) is 29.6 Å². The summed E-state index contributed by atoms with van der Waals surface area (Å²) in [5.41, 5.74) is 6.12. The maximum absolute atomic E-state index is 14.2. The van der Waals surface area contributed by atoms with Crippen molar-refractivity contribution >= 4 is 38.9 Å². The highest BCUT2D eigenvalue weighted by atomic mass is 32.2. The van der Waals surface area contributed by atoms with Gasteiger partial charge in [0.1, 0.15) is 5.75 Å². The number of likely N-dealkylation sites (N-methyl/N-ethyl adjacent to an activating group) is 2. The second-order valence-electron chi connectivity index (χ2n) is 14.9. The molecular formula is C38H64N4O8S. The molecule has 8 atom stereocenters. The number of anilines is 1. The van der Waals surface area contributed by atoms with Gasteiger partial charge in [-0.05, 0) is 61.9 Å². The van der Waals surface area contributed by atoms with Crippen molar-refractivity contribution in [1.29, 1.82) is 0 Å². The number of nitrogens with two attached hydrogens (primary N) is 1. The predicted octanol–water partition coefficient (Wildman–Crippen LogP) is 4.01. The maximum atomic E-state index is 14.2. The number of Topliss-reactive ketones (excluding diaryl/α,β-unsaturated/α-hetero) is 2. The Bertz CT molecular complexity index is 1420. The number of ketones is 2. The van der Waals surface area contributed by atoms with Crippen LogP contribution in [0.3, 0.4) is 0 Å². The Hall–Kier alpha value is -2.87. The zero-order chi connectivity index (χ0) is 38.8. The van der Waals surface area contributed by atoms with Gasteiger partial charge in [0.05, 0.1) is 41.6 Å². The highest BCUT2D eigenvalue weighted by Crippen LogP contribution is 2.31. The van der Waals surface area contributed by atoms with Gasteiger partial charge in [-0.3, -0.25) is 19.2 Å². The molecule has 51 heavy (non-hydrogen) atoms. The lowest BCUT2D eigenvalue weighted by Gasteiger charge is -2.41. The van der Waals surface area contributed by atoms with E-state index in [2.05, 4.69) is 5.32 Å². The summed E-state index contributed by atoms with van der Waals surface area (Å²) in [7, 11) is 2.59. The number of sulfone groups is 1. The molecule has 12 nitrogen and oxygen atoms in total. The van der Waals surface area contributed by atoms with E-state index < -0.39 is 57.5 Å². The van der Waals surface area contributed by atoms with Crippen molar-refractivity contribution in [3.63, 3.8) is 0 Å². The Kier molecular flexibility index (Phi) is 17.2. The number of nitrogens with one attached hydrogen (secondary N) is 1. The molecule has 0 aromatic heterocycles. The number of carbonyl (C=O) groups is 4. The molecule has 1 aliphatic rings. The Morgan fingerprint density at radius 1 is 0.961 bits per heavy atom. The van der Waals surface area contributed by atoms with Crippen molar-refractivity contribution in [2.45, 2.75) is 116 Å². The molecule has 0 aliphatic carbocycles. The van der Waals surface area contributed by atoms with Crippen LogP contribution in [-0.4, -0.2) is 113 Å².